The van der Waals surface area contributed by atoms with Crippen molar-refractivity contribution in [1.82, 2.24) is 19.4 Å². The first-order chi connectivity index (χ1) is 13.2. The van der Waals surface area contributed by atoms with Crippen molar-refractivity contribution >= 4 is 5.91 Å². The Labute approximate surface area is 162 Å². The zero-order chi connectivity index (χ0) is 18.6. The van der Waals surface area contributed by atoms with Crippen LogP contribution in [0, 0.1) is 5.92 Å². The van der Waals surface area contributed by atoms with Gasteiger partial charge in [-0.25, -0.2) is 4.98 Å². The van der Waals surface area contributed by atoms with E-state index in [9.17, 15) is 4.79 Å². The SMILES string of the molecule is CC(=O)N1CCC(C2c3nccn3CCCN2CCc2ccccc2)CC1. The van der Waals surface area contributed by atoms with Gasteiger partial charge in [-0.2, -0.15) is 0 Å². The number of carbonyl (C=O) groups is 1. The standard InChI is InChI=1S/C22H30N4O/c1-18(27)24-15-9-20(10-16-24)21-22-23-11-17-26(22)13-5-12-25(21)14-8-19-6-3-2-4-7-19/h2-4,6-7,11,17,20-21H,5,8-10,12-16H2,1H3. The van der Waals surface area contributed by atoms with Crippen LogP contribution in [0.5, 0.6) is 0 Å². The average Bonchev–Trinajstić information content (AvgIpc) is 3.08. The molecule has 1 amide bonds. The van der Waals surface area contributed by atoms with Gasteiger partial charge in [0.25, 0.3) is 0 Å². The summed E-state index contributed by atoms with van der Waals surface area (Å²) >= 11 is 0. The third-order valence-electron chi connectivity index (χ3n) is 6.21. The van der Waals surface area contributed by atoms with Crippen LogP contribution in [0.3, 0.4) is 0 Å². The van der Waals surface area contributed by atoms with Crippen molar-refractivity contribution in [1.29, 1.82) is 0 Å². The van der Waals surface area contributed by atoms with Crippen molar-refractivity contribution < 1.29 is 4.79 Å². The second-order valence-electron chi connectivity index (χ2n) is 7.89. The summed E-state index contributed by atoms with van der Waals surface area (Å²) in [7, 11) is 0. The van der Waals surface area contributed by atoms with Gasteiger partial charge in [0.15, 0.2) is 0 Å². The fourth-order valence-corrected chi connectivity index (χ4v) is 4.73. The van der Waals surface area contributed by atoms with Crippen LogP contribution in [-0.2, 0) is 17.8 Å². The van der Waals surface area contributed by atoms with Gasteiger partial charge in [0, 0.05) is 52.0 Å². The molecule has 0 bridgehead atoms. The molecule has 1 atom stereocenters. The minimum absolute atomic E-state index is 0.205. The Morgan fingerprint density at radius 1 is 1.11 bits per heavy atom. The molecule has 2 aliphatic heterocycles. The maximum absolute atomic E-state index is 11.7. The van der Waals surface area contributed by atoms with Gasteiger partial charge in [-0.05, 0) is 37.2 Å². The largest absolute Gasteiger partial charge is 0.343 e. The van der Waals surface area contributed by atoms with Crippen molar-refractivity contribution in [3.63, 3.8) is 0 Å². The van der Waals surface area contributed by atoms with Gasteiger partial charge in [-0.1, -0.05) is 30.3 Å². The number of imidazole rings is 1. The average molecular weight is 367 g/mol. The molecule has 1 saturated heterocycles. The van der Waals surface area contributed by atoms with E-state index >= 15 is 0 Å². The first kappa shape index (κ1) is 18.2. The minimum Gasteiger partial charge on any atom is -0.343 e. The number of benzene rings is 1. The minimum atomic E-state index is 0.205. The number of piperidine rings is 1. The molecule has 1 fully saturated rings. The van der Waals surface area contributed by atoms with Gasteiger partial charge < -0.3 is 9.47 Å². The van der Waals surface area contributed by atoms with Gasteiger partial charge in [-0.3, -0.25) is 9.69 Å². The first-order valence-electron chi connectivity index (χ1n) is 10.3. The predicted molar refractivity (Wildman–Crippen MR) is 106 cm³/mol. The molecule has 2 aliphatic rings. The van der Waals surface area contributed by atoms with E-state index in [1.807, 2.05) is 11.1 Å². The quantitative estimate of drug-likeness (QED) is 0.835. The van der Waals surface area contributed by atoms with E-state index in [0.29, 0.717) is 12.0 Å². The van der Waals surface area contributed by atoms with Crippen molar-refractivity contribution in [3.05, 3.63) is 54.1 Å². The topological polar surface area (TPSA) is 41.4 Å². The fraction of sp³-hybridized carbons (Fsp3) is 0.545. The van der Waals surface area contributed by atoms with Crippen molar-refractivity contribution in [3.8, 4) is 0 Å². The summed E-state index contributed by atoms with van der Waals surface area (Å²) in [4.78, 5) is 21.1. The molecule has 1 aromatic heterocycles. The third-order valence-corrected chi connectivity index (χ3v) is 6.21. The number of likely N-dealkylation sites (tertiary alicyclic amines) is 1. The lowest BCUT2D eigenvalue weighted by Crippen LogP contribution is -2.43. The molecule has 1 unspecified atom stereocenters. The number of rotatable bonds is 4. The maximum Gasteiger partial charge on any atom is 0.219 e. The van der Waals surface area contributed by atoms with E-state index in [4.69, 9.17) is 4.98 Å². The number of carbonyl (C=O) groups excluding carboxylic acids is 1. The summed E-state index contributed by atoms with van der Waals surface area (Å²) in [5.41, 5.74) is 1.40. The van der Waals surface area contributed by atoms with Crippen LogP contribution in [0.15, 0.2) is 42.7 Å². The van der Waals surface area contributed by atoms with Crippen LogP contribution in [0.25, 0.3) is 0 Å². The molecule has 144 valence electrons. The zero-order valence-electron chi connectivity index (χ0n) is 16.3. The van der Waals surface area contributed by atoms with Gasteiger partial charge in [0.05, 0.1) is 6.04 Å². The van der Waals surface area contributed by atoms with Gasteiger partial charge >= 0.3 is 0 Å². The summed E-state index contributed by atoms with van der Waals surface area (Å²) in [5.74, 6) is 1.99. The van der Waals surface area contributed by atoms with Gasteiger partial charge in [0.2, 0.25) is 5.91 Å². The molecule has 4 rings (SSSR count). The van der Waals surface area contributed by atoms with Crippen molar-refractivity contribution in [2.45, 2.75) is 45.2 Å². The molecule has 2 aromatic rings. The highest BCUT2D eigenvalue weighted by Gasteiger charge is 2.35. The van der Waals surface area contributed by atoms with Crippen LogP contribution in [0.2, 0.25) is 0 Å². The van der Waals surface area contributed by atoms with Crippen LogP contribution < -0.4 is 0 Å². The molecule has 5 heteroatoms. The molecule has 0 saturated carbocycles. The Balaban J connectivity index is 1.52. The monoisotopic (exact) mass is 366 g/mol. The van der Waals surface area contributed by atoms with Crippen LogP contribution in [0.1, 0.15) is 43.6 Å². The lowest BCUT2D eigenvalue weighted by Gasteiger charge is -2.40. The Kier molecular flexibility index (Phi) is 5.58. The molecule has 1 aromatic carbocycles. The second-order valence-corrected chi connectivity index (χ2v) is 7.89. The predicted octanol–water partition coefficient (Wildman–Crippen LogP) is 3.13. The highest BCUT2D eigenvalue weighted by Crippen LogP contribution is 2.36. The molecule has 0 aliphatic carbocycles. The number of nitrogens with zero attached hydrogens (tertiary/aromatic N) is 4. The molecule has 0 spiro atoms. The molecule has 0 radical (unpaired) electrons. The van der Waals surface area contributed by atoms with E-state index in [-0.39, 0.29) is 5.91 Å². The summed E-state index contributed by atoms with van der Waals surface area (Å²) in [6, 6.07) is 11.1. The van der Waals surface area contributed by atoms with E-state index in [2.05, 4.69) is 46.0 Å². The van der Waals surface area contributed by atoms with Crippen LogP contribution in [0.4, 0.5) is 0 Å². The lowest BCUT2D eigenvalue weighted by molar-refractivity contribution is -0.130. The number of fused-ring (bicyclic) bond motifs is 1. The lowest BCUT2D eigenvalue weighted by atomic mass is 9.87. The molecule has 27 heavy (non-hydrogen) atoms. The third kappa shape index (κ3) is 4.08. The normalized spacial score (nSPS) is 21.7. The number of amides is 1. The van der Waals surface area contributed by atoms with Gasteiger partial charge in [-0.15, -0.1) is 0 Å². The molecular formula is C22H30N4O. The highest BCUT2D eigenvalue weighted by molar-refractivity contribution is 5.73. The highest BCUT2D eigenvalue weighted by atomic mass is 16.2. The Hall–Kier alpha value is -2.14. The Morgan fingerprint density at radius 2 is 1.89 bits per heavy atom. The second kappa shape index (κ2) is 8.26. The smallest absolute Gasteiger partial charge is 0.219 e. The van der Waals surface area contributed by atoms with E-state index in [0.717, 1.165) is 52.0 Å². The summed E-state index contributed by atoms with van der Waals surface area (Å²) in [6.07, 6.45) is 8.46. The molecular weight excluding hydrogens is 336 g/mol. The number of hydrogen-bond donors (Lipinski definition) is 0. The number of aryl methyl sites for hydroxylation is 1. The maximum atomic E-state index is 11.7. The van der Waals surface area contributed by atoms with Crippen molar-refractivity contribution in [2.24, 2.45) is 5.92 Å². The zero-order valence-corrected chi connectivity index (χ0v) is 16.3. The molecule has 0 N–H and O–H groups in total. The van der Waals surface area contributed by atoms with Crippen LogP contribution >= 0.6 is 0 Å². The van der Waals surface area contributed by atoms with E-state index < -0.39 is 0 Å². The summed E-state index contributed by atoms with van der Waals surface area (Å²) in [6.45, 7) is 6.68. The summed E-state index contributed by atoms with van der Waals surface area (Å²) in [5, 5.41) is 0. The Morgan fingerprint density at radius 3 is 2.63 bits per heavy atom. The van der Waals surface area contributed by atoms with Crippen LogP contribution in [-0.4, -0.2) is 51.4 Å². The van der Waals surface area contributed by atoms with Gasteiger partial charge in [0.1, 0.15) is 5.82 Å². The van der Waals surface area contributed by atoms with E-state index in [1.54, 1.807) is 6.92 Å². The number of hydrogen-bond acceptors (Lipinski definition) is 3. The fourth-order valence-electron chi connectivity index (χ4n) is 4.73. The molecule has 3 heterocycles. The Bertz CT molecular complexity index is 749. The first-order valence-corrected chi connectivity index (χ1v) is 10.3. The van der Waals surface area contributed by atoms with Crippen molar-refractivity contribution in [2.75, 3.05) is 26.2 Å². The molecule has 5 nitrogen and oxygen atoms in total. The number of aromatic nitrogens is 2. The summed E-state index contributed by atoms with van der Waals surface area (Å²) < 4.78 is 2.35. The van der Waals surface area contributed by atoms with E-state index in [1.165, 1.54) is 17.8 Å².